The Morgan fingerprint density at radius 3 is 2.34 bits per heavy atom. The Kier molecular flexibility index (Phi) is 9.57. The van der Waals surface area contributed by atoms with E-state index in [4.69, 9.17) is 14.6 Å². The van der Waals surface area contributed by atoms with E-state index < -0.39 is 12.3 Å². The molecule has 202 valence electrons. The van der Waals surface area contributed by atoms with Gasteiger partial charge in [0.15, 0.2) is 11.4 Å². The number of hydrogen-bond donors (Lipinski definition) is 3. The Labute approximate surface area is 226 Å². The van der Waals surface area contributed by atoms with Crippen LogP contribution in [0.15, 0.2) is 66.1 Å². The summed E-state index contributed by atoms with van der Waals surface area (Å²) >= 11 is 1.64. The first kappa shape index (κ1) is 27.8. The maximum Gasteiger partial charge on any atom is 0.303 e. The number of ether oxygens (including phenoxy) is 2. The second kappa shape index (κ2) is 13.1. The van der Waals surface area contributed by atoms with Gasteiger partial charge in [-0.3, -0.25) is 9.59 Å². The molecule has 3 aromatic rings. The van der Waals surface area contributed by atoms with E-state index in [-0.39, 0.29) is 43.5 Å². The molecular weight excluding hydrogens is 506 g/mol. The summed E-state index contributed by atoms with van der Waals surface area (Å²) in [5, 5.41) is 21.8. The molecule has 9 nitrogen and oxygen atoms in total. The van der Waals surface area contributed by atoms with Crippen molar-refractivity contribution in [2.75, 3.05) is 5.75 Å². The van der Waals surface area contributed by atoms with E-state index in [1.807, 2.05) is 66.3 Å². The SMILES string of the molecule is C[C@H]1[C@@H](CSc2nccn2C)O[C@@H](c2ccc(CNC(=O)CCC(=O)O)cc2)O[C@H]1c1ccc(CO)cc1. The van der Waals surface area contributed by atoms with Crippen molar-refractivity contribution in [2.24, 2.45) is 13.0 Å². The molecule has 1 aromatic heterocycles. The molecule has 10 heteroatoms. The quantitative estimate of drug-likeness (QED) is 0.313. The van der Waals surface area contributed by atoms with E-state index in [0.717, 1.165) is 27.4 Å². The fourth-order valence-corrected chi connectivity index (χ4v) is 5.36. The lowest BCUT2D eigenvalue weighted by Crippen LogP contribution is -2.38. The van der Waals surface area contributed by atoms with Crippen LogP contribution in [0.1, 0.15) is 54.4 Å². The molecule has 2 aromatic carbocycles. The van der Waals surface area contributed by atoms with E-state index in [1.54, 1.807) is 18.0 Å². The average molecular weight is 540 g/mol. The van der Waals surface area contributed by atoms with Crippen LogP contribution in [0, 0.1) is 5.92 Å². The zero-order chi connectivity index (χ0) is 27.1. The van der Waals surface area contributed by atoms with Gasteiger partial charge in [-0.1, -0.05) is 67.2 Å². The molecule has 1 saturated heterocycles. The van der Waals surface area contributed by atoms with Crippen LogP contribution in [0.3, 0.4) is 0 Å². The highest BCUT2D eigenvalue weighted by molar-refractivity contribution is 7.99. The fourth-order valence-electron chi connectivity index (χ4n) is 4.26. The van der Waals surface area contributed by atoms with Gasteiger partial charge in [-0.25, -0.2) is 4.98 Å². The van der Waals surface area contributed by atoms with Gasteiger partial charge in [0.1, 0.15) is 0 Å². The predicted octanol–water partition coefficient (Wildman–Crippen LogP) is 3.98. The fraction of sp³-hybridized carbons (Fsp3) is 0.393. The highest BCUT2D eigenvalue weighted by Gasteiger charge is 2.38. The predicted molar refractivity (Wildman–Crippen MR) is 142 cm³/mol. The minimum Gasteiger partial charge on any atom is -0.481 e. The third-order valence-corrected chi connectivity index (χ3v) is 7.73. The number of aryl methyl sites for hydroxylation is 1. The van der Waals surface area contributed by atoms with Gasteiger partial charge < -0.3 is 29.6 Å². The van der Waals surface area contributed by atoms with E-state index in [1.165, 1.54) is 0 Å². The Balaban J connectivity index is 1.47. The van der Waals surface area contributed by atoms with Gasteiger partial charge in [-0.15, -0.1) is 0 Å². The number of carboxylic acid groups (broad SMARTS) is 1. The monoisotopic (exact) mass is 539 g/mol. The van der Waals surface area contributed by atoms with Crippen LogP contribution in [0.5, 0.6) is 0 Å². The minimum absolute atomic E-state index is 0.0115. The van der Waals surface area contributed by atoms with Gasteiger partial charge in [0.05, 0.1) is 25.2 Å². The lowest BCUT2D eigenvalue weighted by Gasteiger charge is -2.41. The van der Waals surface area contributed by atoms with Crippen molar-refractivity contribution in [2.45, 2.75) is 56.6 Å². The van der Waals surface area contributed by atoms with Gasteiger partial charge >= 0.3 is 5.97 Å². The zero-order valence-electron chi connectivity index (χ0n) is 21.4. The third-order valence-electron chi connectivity index (χ3n) is 6.58. The van der Waals surface area contributed by atoms with Crippen LogP contribution in [-0.2, 0) is 39.3 Å². The third kappa shape index (κ3) is 7.22. The summed E-state index contributed by atoms with van der Waals surface area (Å²) in [4.78, 5) is 26.9. The molecule has 0 spiro atoms. The van der Waals surface area contributed by atoms with Gasteiger partial charge in [0.2, 0.25) is 5.91 Å². The standard InChI is InChI=1S/C28H33N3O6S/c1-18-23(17-38-28-29-13-14-31(28)2)36-27(37-26(18)21-7-5-20(16-32)6-8-21)22-9-3-19(4-10-22)15-30-24(33)11-12-25(34)35/h3-10,13-14,18,23,26-27,32H,11-12,15-17H2,1-2H3,(H,30,33)(H,34,35)/t18-,23+,26+,27+/m0/s1. The molecule has 0 aliphatic carbocycles. The van der Waals surface area contributed by atoms with Gasteiger partial charge in [0.25, 0.3) is 0 Å². The topological polar surface area (TPSA) is 123 Å². The minimum atomic E-state index is -0.995. The molecule has 2 heterocycles. The number of imidazole rings is 1. The van der Waals surface area contributed by atoms with E-state index >= 15 is 0 Å². The van der Waals surface area contributed by atoms with Crippen LogP contribution < -0.4 is 5.32 Å². The number of carboxylic acids is 1. The van der Waals surface area contributed by atoms with Crippen LogP contribution in [0.2, 0.25) is 0 Å². The summed E-state index contributed by atoms with van der Waals surface area (Å²) in [5.74, 6) is -0.519. The number of aliphatic carboxylic acids is 1. The van der Waals surface area contributed by atoms with E-state index in [9.17, 15) is 14.7 Å². The molecule has 0 saturated carbocycles. The van der Waals surface area contributed by atoms with Crippen molar-refractivity contribution in [3.05, 3.63) is 83.2 Å². The Bertz CT molecular complexity index is 1210. The number of hydrogen-bond acceptors (Lipinski definition) is 7. The summed E-state index contributed by atoms with van der Waals surface area (Å²) in [5.41, 5.74) is 3.62. The number of aromatic nitrogens is 2. The zero-order valence-corrected chi connectivity index (χ0v) is 22.3. The van der Waals surface area contributed by atoms with Gasteiger partial charge in [-0.2, -0.15) is 0 Å². The largest absolute Gasteiger partial charge is 0.481 e. The molecule has 0 unspecified atom stereocenters. The summed E-state index contributed by atoms with van der Waals surface area (Å²) in [6, 6.07) is 15.5. The summed E-state index contributed by atoms with van der Waals surface area (Å²) < 4.78 is 14.9. The molecule has 0 bridgehead atoms. The Morgan fingerprint density at radius 1 is 1.03 bits per heavy atom. The molecule has 4 rings (SSSR count). The smallest absolute Gasteiger partial charge is 0.303 e. The summed E-state index contributed by atoms with van der Waals surface area (Å²) in [6.07, 6.45) is 2.56. The Hall–Kier alpha value is -3.18. The number of nitrogens with one attached hydrogen (secondary N) is 1. The highest BCUT2D eigenvalue weighted by atomic mass is 32.2. The number of nitrogens with zero attached hydrogens (tertiary/aromatic N) is 2. The Morgan fingerprint density at radius 2 is 1.71 bits per heavy atom. The first-order valence-corrected chi connectivity index (χ1v) is 13.5. The first-order valence-electron chi connectivity index (χ1n) is 12.5. The highest BCUT2D eigenvalue weighted by Crippen LogP contribution is 2.42. The maximum atomic E-state index is 11.8. The van der Waals surface area contributed by atoms with Gasteiger partial charge in [-0.05, 0) is 16.7 Å². The summed E-state index contributed by atoms with van der Waals surface area (Å²) in [6.45, 7) is 2.42. The molecule has 1 fully saturated rings. The second-order valence-electron chi connectivity index (χ2n) is 9.37. The number of benzene rings is 2. The van der Waals surface area contributed by atoms with Crippen LogP contribution in [0.25, 0.3) is 0 Å². The number of rotatable bonds is 11. The van der Waals surface area contributed by atoms with Gasteiger partial charge in [0, 0.05) is 49.6 Å². The van der Waals surface area contributed by atoms with Crippen LogP contribution >= 0.6 is 11.8 Å². The number of aliphatic hydroxyl groups excluding tert-OH is 1. The van der Waals surface area contributed by atoms with Crippen molar-refractivity contribution >= 4 is 23.6 Å². The van der Waals surface area contributed by atoms with Crippen molar-refractivity contribution < 1.29 is 29.3 Å². The molecule has 4 atom stereocenters. The maximum absolute atomic E-state index is 11.8. The molecule has 1 aliphatic rings. The van der Waals surface area contributed by atoms with E-state index in [2.05, 4.69) is 17.2 Å². The molecule has 3 N–H and O–H groups in total. The number of thioether (sulfide) groups is 1. The average Bonchev–Trinajstić information content (AvgIpc) is 3.35. The lowest BCUT2D eigenvalue weighted by atomic mass is 9.91. The summed E-state index contributed by atoms with van der Waals surface area (Å²) in [7, 11) is 1.97. The van der Waals surface area contributed by atoms with Crippen molar-refractivity contribution in [3.8, 4) is 0 Å². The number of carbonyl (C=O) groups is 2. The normalized spacial score (nSPS) is 21.2. The molecule has 0 radical (unpaired) electrons. The van der Waals surface area contributed by atoms with Crippen LogP contribution in [-0.4, -0.2) is 43.5 Å². The van der Waals surface area contributed by atoms with Crippen LogP contribution in [0.4, 0.5) is 0 Å². The lowest BCUT2D eigenvalue weighted by molar-refractivity contribution is -0.268. The van der Waals surface area contributed by atoms with E-state index in [0.29, 0.717) is 12.3 Å². The van der Waals surface area contributed by atoms with Crippen molar-refractivity contribution in [1.29, 1.82) is 0 Å². The molecule has 38 heavy (non-hydrogen) atoms. The van der Waals surface area contributed by atoms with Crippen molar-refractivity contribution in [3.63, 3.8) is 0 Å². The molecular formula is C28H33N3O6S. The number of amides is 1. The first-order chi connectivity index (χ1) is 18.3. The molecule has 1 amide bonds. The number of carbonyl (C=O) groups excluding carboxylic acids is 1. The molecule has 1 aliphatic heterocycles. The second-order valence-corrected chi connectivity index (χ2v) is 10.4. The number of aliphatic hydroxyl groups is 1. The van der Waals surface area contributed by atoms with Crippen molar-refractivity contribution in [1.82, 2.24) is 14.9 Å².